The standard InChI is InChI=1S/C15H22ClF2N/c1-3-5-6-7-8-15(19-4-2)11-9-14(18)12(16)10-13(11)17/h9-10,15,19H,3-8H2,1-2H3. The normalized spacial score (nSPS) is 12.7. The highest BCUT2D eigenvalue weighted by Crippen LogP contribution is 2.27. The van der Waals surface area contributed by atoms with E-state index >= 15 is 0 Å². The van der Waals surface area contributed by atoms with Gasteiger partial charge in [0.25, 0.3) is 0 Å². The lowest BCUT2D eigenvalue weighted by Gasteiger charge is -2.19. The van der Waals surface area contributed by atoms with Crippen LogP contribution in [0.4, 0.5) is 8.78 Å². The fraction of sp³-hybridized carbons (Fsp3) is 0.600. The zero-order valence-corrected chi connectivity index (χ0v) is 12.4. The van der Waals surface area contributed by atoms with Gasteiger partial charge >= 0.3 is 0 Å². The van der Waals surface area contributed by atoms with E-state index in [0.717, 1.165) is 38.3 Å². The molecule has 0 aliphatic rings. The predicted molar refractivity (Wildman–Crippen MR) is 76.5 cm³/mol. The second-order valence-corrected chi connectivity index (χ2v) is 5.15. The maximum atomic E-state index is 13.9. The summed E-state index contributed by atoms with van der Waals surface area (Å²) in [7, 11) is 0. The molecule has 1 nitrogen and oxygen atoms in total. The summed E-state index contributed by atoms with van der Waals surface area (Å²) in [5, 5.41) is 3.05. The monoisotopic (exact) mass is 289 g/mol. The molecule has 1 rings (SSSR count). The van der Waals surface area contributed by atoms with Crippen molar-refractivity contribution in [3.8, 4) is 0 Å². The molecule has 0 radical (unpaired) electrons. The van der Waals surface area contributed by atoms with Gasteiger partial charge in [-0.3, -0.25) is 0 Å². The summed E-state index contributed by atoms with van der Waals surface area (Å²) in [6, 6.07) is 2.13. The van der Waals surface area contributed by atoms with Gasteiger partial charge in [-0.25, -0.2) is 8.78 Å². The zero-order chi connectivity index (χ0) is 14.3. The van der Waals surface area contributed by atoms with Gasteiger partial charge in [-0.15, -0.1) is 0 Å². The molecule has 0 saturated heterocycles. The molecule has 0 fully saturated rings. The Morgan fingerprint density at radius 2 is 1.84 bits per heavy atom. The van der Waals surface area contributed by atoms with E-state index in [2.05, 4.69) is 12.2 Å². The topological polar surface area (TPSA) is 12.0 Å². The highest BCUT2D eigenvalue weighted by molar-refractivity contribution is 6.30. The molecule has 0 aliphatic carbocycles. The van der Waals surface area contributed by atoms with Gasteiger partial charge in [-0.05, 0) is 25.1 Å². The number of halogens is 3. The van der Waals surface area contributed by atoms with Crippen LogP contribution in [0.2, 0.25) is 5.02 Å². The van der Waals surface area contributed by atoms with Crippen LogP contribution in [0.15, 0.2) is 12.1 Å². The summed E-state index contributed by atoms with van der Waals surface area (Å²) in [5.74, 6) is -0.998. The Hall–Kier alpha value is -0.670. The van der Waals surface area contributed by atoms with E-state index in [1.165, 1.54) is 12.5 Å². The molecular formula is C15H22ClF2N. The molecule has 0 amide bonds. The molecule has 1 aromatic carbocycles. The number of hydrogen-bond donors (Lipinski definition) is 1. The van der Waals surface area contributed by atoms with Crippen molar-refractivity contribution in [2.45, 2.75) is 52.0 Å². The average Bonchev–Trinajstić information content (AvgIpc) is 2.38. The summed E-state index contributed by atoms with van der Waals surface area (Å²) in [5.41, 5.74) is 0.375. The molecular weight excluding hydrogens is 268 g/mol. The number of nitrogens with one attached hydrogen (secondary N) is 1. The SMILES string of the molecule is CCCCCCC(NCC)c1cc(F)c(Cl)cc1F. The lowest BCUT2D eigenvalue weighted by molar-refractivity contribution is 0.457. The maximum Gasteiger partial charge on any atom is 0.142 e. The van der Waals surface area contributed by atoms with E-state index < -0.39 is 11.6 Å². The van der Waals surface area contributed by atoms with Gasteiger partial charge in [0.05, 0.1) is 5.02 Å². The highest BCUT2D eigenvalue weighted by Gasteiger charge is 2.17. The highest BCUT2D eigenvalue weighted by atomic mass is 35.5. The van der Waals surface area contributed by atoms with Crippen LogP contribution in [0.25, 0.3) is 0 Å². The molecule has 108 valence electrons. The van der Waals surface area contributed by atoms with Crippen molar-refractivity contribution in [1.29, 1.82) is 0 Å². The number of hydrogen-bond acceptors (Lipinski definition) is 1. The third-order valence-corrected chi connectivity index (χ3v) is 3.50. The molecule has 0 aromatic heterocycles. The lowest BCUT2D eigenvalue weighted by atomic mass is 9.99. The third-order valence-electron chi connectivity index (χ3n) is 3.21. The second kappa shape index (κ2) is 8.49. The summed E-state index contributed by atoms with van der Waals surface area (Å²) < 4.78 is 27.4. The Morgan fingerprint density at radius 1 is 1.11 bits per heavy atom. The summed E-state index contributed by atoms with van der Waals surface area (Å²) in [6.45, 7) is 4.83. The zero-order valence-electron chi connectivity index (χ0n) is 11.6. The van der Waals surface area contributed by atoms with E-state index in [1.807, 2.05) is 6.92 Å². The van der Waals surface area contributed by atoms with E-state index in [4.69, 9.17) is 11.6 Å². The van der Waals surface area contributed by atoms with Crippen LogP contribution < -0.4 is 5.32 Å². The minimum absolute atomic E-state index is 0.145. The Balaban J connectivity index is 2.77. The van der Waals surface area contributed by atoms with Gasteiger partial charge in [0.2, 0.25) is 0 Å². The Kier molecular flexibility index (Phi) is 7.32. The van der Waals surface area contributed by atoms with Crippen molar-refractivity contribution < 1.29 is 8.78 Å². The lowest BCUT2D eigenvalue weighted by Crippen LogP contribution is -2.22. The van der Waals surface area contributed by atoms with Crippen LogP contribution in [-0.4, -0.2) is 6.54 Å². The first-order chi connectivity index (χ1) is 9.10. The fourth-order valence-corrected chi connectivity index (χ4v) is 2.34. The molecule has 1 atom stereocenters. The van der Waals surface area contributed by atoms with Gasteiger partial charge < -0.3 is 5.32 Å². The summed E-state index contributed by atoms with van der Waals surface area (Å²) in [4.78, 5) is 0. The van der Waals surface area contributed by atoms with Crippen LogP contribution in [0.1, 0.15) is 57.6 Å². The van der Waals surface area contributed by atoms with Gasteiger partial charge in [0.1, 0.15) is 11.6 Å². The molecule has 0 heterocycles. The van der Waals surface area contributed by atoms with E-state index in [0.29, 0.717) is 5.56 Å². The molecule has 0 saturated carbocycles. The first-order valence-electron chi connectivity index (χ1n) is 6.98. The molecule has 1 N–H and O–H groups in total. The first kappa shape index (κ1) is 16.4. The number of unbranched alkanes of at least 4 members (excludes halogenated alkanes) is 3. The van der Waals surface area contributed by atoms with Gasteiger partial charge in [-0.2, -0.15) is 0 Å². The number of rotatable bonds is 8. The van der Waals surface area contributed by atoms with Crippen molar-refractivity contribution in [3.63, 3.8) is 0 Å². The largest absolute Gasteiger partial charge is 0.310 e. The third kappa shape index (κ3) is 5.07. The van der Waals surface area contributed by atoms with Crippen LogP contribution in [0, 0.1) is 11.6 Å². The molecule has 1 unspecified atom stereocenters. The van der Waals surface area contributed by atoms with Crippen molar-refractivity contribution in [2.24, 2.45) is 0 Å². The van der Waals surface area contributed by atoms with Crippen LogP contribution in [0.5, 0.6) is 0 Å². The van der Waals surface area contributed by atoms with Gasteiger partial charge in [0.15, 0.2) is 0 Å². The Labute approximate surface area is 119 Å². The van der Waals surface area contributed by atoms with Crippen LogP contribution in [-0.2, 0) is 0 Å². The minimum Gasteiger partial charge on any atom is -0.310 e. The Morgan fingerprint density at radius 3 is 2.47 bits per heavy atom. The van der Waals surface area contributed by atoms with E-state index in [9.17, 15) is 8.78 Å². The number of benzene rings is 1. The van der Waals surface area contributed by atoms with Crippen LogP contribution in [0.3, 0.4) is 0 Å². The van der Waals surface area contributed by atoms with Crippen molar-refractivity contribution in [2.75, 3.05) is 6.54 Å². The summed E-state index contributed by atoms with van der Waals surface area (Å²) >= 11 is 5.58. The second-order valence-electron chi connectivity index (χ2n) is 4.75. The van der Waals surface area contributed by atoms with Crippen molar-refractivity contribution in [1.82, 2.24) is 5.32 Å². The van der Waals surface area contributed by atoms with E-state index in [1.54, 1.807) is 0 Å². The fourth-order valence-electron chi connectivity index (χ4n) is 2.19. The maximum absolute atomic E-state index is 13.9. The van der Waals surface area contributed by atoms with Crippen LogP contribution >= 0.6 is 11.6 Å². The van der Waals surface area contributed by atoms with Crippen molar-refractivity contribution >= 4 is 11.6 Å². The molecule has 0 aliphatic heterocycles. The molecule has 19 heavy (non-hydrogen) atoms. The average molecular weight is 290 g/mol. The Bertz CT molecular complexity index is 396. The molecule has 0 spiro atoms. The quantitative estimate of drug-likeness (QED) is 0.510. The molecule has 1 aromatic rings. The summed E-state index contributed by atoms with van der Waals surface area (Å²) in [6.07, 6.45) is 5.28. The van der Waals surface area contributed by atoms with E-state index in [-0.39, 0.29) is 11.1 Å². The molecule has 0 bridgehead atoms. The van der Waals surface area contributed by atoms with Gasteiger partial charge in [-0.1, -0.05) is 51.1 Å². The smallest absolute Gasteiger partial charge is 0.142 e. The molecule has 4 heteroatoms. The predicted octanol–water partition coefficient (Wildman–Crippen LogP) is 5.24. The minimum atomic E-state index is -0.561. The van der Waals surface area contributed by atoms with Crippen molar-refractivity contribution in [3.05, 3.63) is 34.4 Å². The van der Waals surface area contributed by atoms with Gasteiger partial charge in [0, 0.05) is 11.6 Å². The first-order valence-corrected chi connectivity index (χ1v) is 7.35.